The number of alkyl halides is 1. The number of sulfonamides is 1. The van der Waals surface area contributed by atoms with Gasteiger partial charge in [-0.3, -0.25) is 0 Å². The lowest BCUT2D eigenvalue weighted by Gasteiger charge is -2.09. The van der Waals surface area contributed by atoms with Gasteiger partial charge in [-0.1, -0.05) is 17.7 Å². The number of halogens is 1. The third kappa shape index (κ3) is 3.75. The molecule has 0 amide bonds. The van der Waals surface area contributed by atoms with Gasteiger partial charge in [-0.15, -0.1) is 11.6 Å². The highest BCUT2D eigenvalue weighted by molar-refractivity contribution is 7.89. The summed E-state index contributed by atoms with van der Waals surface area (Å²) in [6, 6.07) is 6.47. The molecule has 0 fully saturated rings. The summed E-state index contributed by atoms with van der Waals surface area (Å²) in [5.74, 6) is -0.00355. The highest BCUT2D eigenvalue weighted by Gasteiger charge is 2.14. The second-order valence-electron chi connectivity index (χ2n) is 3.47. The third-order valence-electron chi connectivity index (χ3n) is 2.02. The van der Waals surface area contributed by atoms with E-state index in [1.807, 2.05) is 6.92 Å². The molecule has 0 heterocycles. The number of hydrogen-bond acceptors (Lipinski definition) is 3. The number of aliphatic hydroxyl groups excluding tert-OH is 1. The predicted molar refractivity (Wildman–Crippen MR) is 63.1 cm³/mol. The Morgan fingerprint density at radius 1 is 1.38 bits per heavy atom. The topological polar surface area (TPSA) is 66.4 Å². The van der Waals surface area contributed by atoms with Gasteiger partial charge in [-0.05, 0) is 19.1 Å². The van der Waals surface area contributed by atoms with Crippen LogP contribution in [0.1, 0.15) is 5.56 Å². The summed E-state index contributed by atoms with van der Waals surface area (Å²) in [6.07, 6.45) is -0.873. The van der Waals surface area contributed by atoms with Crippen LogP contribution in [0.2, 0.25) is 0 Å². The molecule has 0 bridgehead atoms. The maximum Gasteiger partial charge on any atom is 0.240 e. The number of benzene rings is 1. The lowest BCUT2D eigenvalue weighted by molar-refractivity contribution is 0.202. The summed E-state index contributed by atoms with van der Waals surface area (Å²) < 4.78 is 25.7. The van der Waals surface area contributed by atoms with E-state index in [1.165, 1.54) is 12.1 Å². The number of aliphatic hydroxyl groups is 1. The molecule has 1 atom stereocenters. The summed E-state index contributed by atoms with van der Waals surface area (Å²) in [5, 5.41) is 9.15. The number of rotatable bonds is 5. The fraction of sp³-hybridized carbons (Fsp3) is 0.400. The standard InChI is InChI=1S/C10H14ClNO3S/c1-8-2-4-10(5-3-8)16(14,15)12-7-9(13)6-11/h2-5,9,12-13H,6-7H2,1H3/t9-/m0/s1. The minimum absolute atomic E-state index is 0.00355. The molecule has 0 radical (unpaired) electrons. The van der Waals surface area contributed by atoms with Crippen LogP contribution < -0.4 is 4.72 Å². The van der Waals surface area contributed by atoms with Crippen LogP contribution >= 0.6 is 11.6 Å². The fourth-order valence-corrected chi connectivity index (χ4v) is 2.24. The Morgan fingerprint density at radius 3 is 2.44 bits per heavy atom. The van der Waals surface area contributed by atoms with Gasteiger partial charge in [-0.2, -0.15) is 0 Å². The van der Waals surface area contributed by atoms with E-state index in [9.17, 15) is 8.42 Å². The van der Waals surface area contributed by atoms with Crippen LogP contribution in [-0.4, -0.2) is 32.1 Å². The average Bonchev–Trinajstić information content (AvgIpc) is 2.26. The van der Waals surface area contributed by atoms with Gasteiger partial charge in [0.1, 0.15) is 0 Å². The summed E-state index contributed by atoms with van der Waals surface area (Å²) in [4.78, 5) is 0.180. The molecule has 0 spiro atoms. The second kappa shape index (κ2) is 5.63. The van der Waals surface area contributed by atoms with Gasteiger partial charge in [0, 0.05) is 12.4 Å². The van der Waals surface area contributed by atoms with Crippen molar-refractivity contribution in [3.63, 3.8) is 0 Å². The van der Waals surface area contributed by atoms with Crippen LogP contribution in [-0.2, 0) is 10.0 Å². The van der Waals surface area contributed by atoms with Gasteiger partial charge in [-0.25, -0.2) is 13.1 Å². The normalized spacial score (nSPS) is 13.7. The van der Waals surface area contributed by atoms with Crippen LogP contribution in [0.4, 0.5) is 0 Å². The lowest BCUT2D eigenvalue weighted by atomic mass is 10.2. The molecule has 16 heavy (non-hydrogen) atoms. The van der Waals surface area contributed by atoms with Gasteiger partial charge in [0.15, 0.2) is 0 Å². The predicted octanol–water partition coefficient (Wildman–Crippen LogP) is 0.873. The van der Waals surface area contributed by atoms with Gasteiger partial charge >= 0.3 is 0 Å². The average molecular weight is 264 g/mol. The first-order valence-corrected chi connectivity index (χ1v) is 6.78. The molecule has 1 aromatic rings. The van der Waals surface area contributed by atoms with Crippen molar-refractivity contribution in [1.29, 1.82) is 0 Å². The van der Waals surface area contributed by atoms with Gasteiger partial charge in [0.25, 0.3) is 0 Å². The van der Waals surface area contributed by atoms with Crippen molar-refractivity contribution in [2.75, 3.05) is 12.4 Å². The maximum absolute atomic E-state index is 11.7. The Kier molecular flexibility index (Phi) is 4.73. The molecular formula is C10H14ClNO3S. The summed E-state index contributed by atoms with van der Waals surface area (Å²) in [5.41, 5.74) is 0.986. The van der Waals surface area contributed by atoms with E-state index in [4.69, 9.17) is 16.7 Å². The zero-order valence-electron chi connectivity index (χ0n) is 8.85. The van der Waals surface area contributed by atoms with E-state index in [1.54, 1.807) is 12.1 Å². The van der Waals surface area contributed by atoms with E-state index in [-0.39, 0.29) is 17.3 Å². The Bertz CT molecular complexity index is 430. The van der Waals surface area contributed by atoms with Crippen LogP contribution in [0, 0.1) is 6.92 Å². The quantitative estimate of drug-likeness (QED) is 0.775. The Balaban J connectivity index is 2.74. The van der Waals surface area contributed by atoms with E-state index in [0.29, 0.717) is 0 Å². The highest BCUT2D eigenvalue weighted by Crippen LogP contribution is 2.09. The first-order chi connectivity index (χ1) is 7.45. The molecular weight excluding hydrogens is 250 g/mol. The van der Waals surface area contributed by atoms with Crippen LogP contribution in [0.25, 0.3) is 0 Å². The Labute approximate surface area is 100 Å². The highest BCUT2D eigenvalue weighted by atomic mass is 35.5. The maximum atomic E-state index is 11.7. The zero-order chi connectivity index (χ0) is 12.2. The van der Waals surface area contributed by atoms with Crippen molar-refractivity contribution < 1.29 is 13.5 Å². The van der Waals surface area contributed by atoms with Crippen molar-refractivity contribution in [3.8, 4) is 0 Å². The molecule has 0 aromatic heterocycles. The molecule has 0 saturated carbocycles. The van der Waals surface area contributed by atoms with E-state index >= 15 is 0 Å². The smallest absolute Gasteiger partial charge is 0.240 e. The molecule has 1 aromatic carbocycles. The minimum Gasteiger partial charge on any atom is -0.391 e. The Morgan fingerprint density at radius 2 is 1.94 bits per heavy atom. The van der Waals surface area contributed by atoms with Gasteiger partial charge in [0.2, 0.25) is 10.0 Å². The molecule has 90 valence electrons. The number of nitrogens with one attached hydrogen (secondary N) is 1. The molecule has 1 rings (SSSR count). The van der Waals surface area contributed by atoms with E-state index in [2.05, 4.69) is 4.72 Å². The first-order valence-electron chi connectivity index (χ1n) is 4.76. The monoisotopic (exact) mass is 263 g/mol. The lowest BCUT2D eigenvalue weighted by Crippen LogP contribution is -2.32. The molecule has 0 aliphatic rings. The summed E-state index contributed by atoms with van der Waals surface area (Å²) in [7, 11) is -3.55. The van der Waals surface area contributed by atoms with E-state index in [0.717, 1.165) is 5.56 Å². The Hall–Kier alpha value is -0.620. The van der Waals surface area contributed by atoms with Crippen LogP contribution in [0.3, 0.4) is 0 Å². The van der Waals surface area contributed by atoms with Crippen molar-refractivity contribution in [2.45, 2.75) is 17.9 Å². The molecule has 0 unspecified atom stereocenters. The second-order valence-corrected chi connectivity index (χ2v) is 5.55. The fourth-order valence-electron chi connectivity index (χ4n) is 1.06. The van der Waals surface area contributed by atoms with Crippen LogP contribution in [0.5, 0.6) is 0 Å². The van der Waals surface area contributed by atoms with Crippen LogP contribution in [0.15, 0.2) is 29.2 Å². The molecule has 0 aliphatic heterocycles. The zero-order valence-corrected chi connectivity index (χ0v) is 10.4. The third-order valence-corrected chi connectivity index (χ3v) is 3.81. The molecule has 6 heteroatoms. The molecule has 0 saturated heterocycles. The van der Waals surface area contributed by atoms with Crippen molar-refractivity contribution in [2.24, 2.45) is 0 Å². The SMILES string of the molecule is Cc1ccc(S(=O)(=O)NC[C@@H](O)CCl)cc1. The van der Waals surface area contributed by atoms with Gasteiger partial charge in [0.05, 0.1) is 11.0 Å². The molecule has 4 nitrogen and oxygen atoms in total. The summed E-state index contributed by atoms with van der Waals surface area (Å²) >= 11 is 5.36. The minimum atomic E-state index is -3.55. The van der Waals surface area contributed by atoms with E-state index < -0.39 is 16.1 Å². The van der Waals surface area contributed by atoms with Gasteiger partial charge < -0.3 is 5.11 Å². The van der Waals surface area contributed by atoms with Crippen molar-refractivity contribution in [3.05, 3.63) is 29.8 Å². The first kappa shape index (κ1) is 13.4. The number of hydrogen-bond donors (Lipinski definition) is 2. The molecule has 2 N–H and O–H groups in total. The van der Waals surface area contributed by atoms with Crippen molar-refractivity contribution >= 4 is 21.6 Å². The molecule has 0 aliphatic carbocycles. The largest absolute Gasteiger partial charge is 0.391 e. The van der Waals surface area contributed by atoms with Crippen molar-refractivity contribution in [1.82, 2.24) is 4.72 Å². The summed E-state index contributed by atoms with van der Waals surface area (Å²) in [6.45, 7) is 1.79. The number of aryl methyl sites for hydroxylation is 1.